The lowest BCUT2D eigenvalue weighted by molar-refractivity contribution is -0.120. The number of carbonyl (C=O) groups excluding carboxylic acids is 1. The Balaban J connectivity index is 1.87. The predicted octanol–water partition coefficient (Wildman–Crippen LogP) is 4.54. The molecule has 7 heteroatoms. The molecule has 26 heavy (non-hydrogen) atoms. The van der Waals surface area contributed by atoms with Crippen molar-refractivity contribution >= 4 is 33.6 Å². The smallest absolute Gasteiger partial charge is 0.233 e. The zero-order chi connectivity index (χ0) is 19.1. The van der Waals surface area contributed by atoms with Crippen molar-refractivity contribution in [1.82, 2.24) is 5.32 Å². The number of hydrogen-bond donors (Lipinski definition) is 1. The third kappa shape index (κ3) is 5.64. The van der Waals surface area contributed by atoms with Gasteiger partial charge >= 0.3 is 0 Å². The molecule has 0 bridgehead atoms. The Kier molecular flexibility index (Phi) is 7.78. The lowest BCUT2D eigenvalue weighted by Crippen LogP contribution is -2.30. The van der Waals surface area contributed by atoms with Crippen molar-refractivity contribution in [2.24, 2.45) is 0 Å². The minimum Gasteiger partial charge on any atom is -0.493 e. The molecule has 2 rings (SSSR count). The Morgan fingerprint density at radius 2 is 1.92 bits per heavy atom. The summed E-state index contributed by atoms with van der Waals surface area (Å²) in [6.45, 7) is 2.26. The minimum absolute atomic E-state index is 0.0528. The van der Waals surface area contributed by atoms with Crippen molar-refractivity contribution in [1.29, 1.82) is 0 Å². The van der Waals surface area contributed by atoms with Crippen molar-refractivity contribution in [2.45, 2.75) is 24.5 Å². The van der Waals surface area contributed by atoms with Crippen LogP contribution in [0.15, 0.2) is 40.9 Å². The maximum absolute atomic E-state index is 13.1. The summed E-state index contributed by atoms with van der Waals surface area (Å²) in [7, 11) is 3.16. The highest BCUT2D eigenvalue weighted by Gasteiger charge is 2.14. The largest absolute Gasteiger partial charge is 0.493 e. The van der Waals surface area contributed by atoms with Gasteiger partial charge in [0.15, 0.2) is 11.5 Å². The molecule has 0 aromatic heterocycles. The van der Waals surface area contributed by atoms with Gasteiger partial charge in [-0.2, -0.15) is 0 Å². The second-order valence-corrected chi connectivity index (χ2v) is 7.78. The van der Waals surface area contributed by atoms with Crippen LogP contribution in [0.4, 0.5) is 4.39 Å². The SMILES string of the molecule is COc1ccc(CNC(=O)C(C)SCc2ccc(F)cc2Br)cc1OC. The van der Waals surface area contributed by atoms with Gasteiger partial charge in [0.1, 0.15) is 5.82 Å². The molecule has 1 N–H and O–H groups in total. The number of halogens is 2. The topological polar surface area (TPSA) is 47.6 Å². The number of amides is 1. The van der Waals surface area contributed by atoms with E-state index in [-0.39, 0.29) is 17.0 Å². The number of hydrogen-bond acceptors (Lipinski definition) is 4. The van der Waals surface area contributed by atoms with E-state index in [1.54, 1.807) is 20.3 Å². The molecule has 0 aliphatic heterocycles. The predicted molar refractivity (Wildman–Crippen MR) is 106 cm³/mol. The third-order valence-corrected chi connectivity index (χ3v) is 5.72. The fraction of sp³-hybridized carbons (Fsp3) is 0.316. The van der Waals surface area contributed by atoms with E-state index in [0.29, 0.717) is 28.3 Å². The first-order valence-electron chi connectivity index (χ1n) is 7.98. The van der Waals surface area contributed by atoms with Gasteiger partial charge in [0.05, 0.1) is 19.5 Å². The number of rotatable bonds is 8. The maximum atomic E-state index is 13.1. The summed E-state index contributed by atoms with van der Waals surface area (Å²) < 4.78 is 24.3. The first-order chi connectivity index (χ1) is 12.4. The average molecular weight is 442 g/mol. The molecule has 1 unspecified atom stereocenters. The Morgan fingerprint density at radius 3 is 2.58 bits per heavy atom. The van der Waals surface area contributed by atoms with Gasteiger partial charge in [0.25, 0.3) is 0 Å². The van der Waals surface area contributed by atoms with Crippen LogP contribution in [0.5, 0.6) is 11.5 Å². The Hall–Kier alpha value is -1.73. The number of benzene rings is 2. The van der Waals surface area contributed by atoms with Crippen LogP contribution in [0.3, 0.4) is 0 Å². The molecule has 0 spiro atoms. The van der Waals surface area contributed by atoms with Gasteiger partial charge in [-0.1, -0.05) is 28.1 Å². The Bertz CT molecular complexity index is 772. The number of thioether (sulfide) groups is 1. The first-order valence-corrected chi connectivity index (χ1v) is 9.83. The molecule has 140 valence electrons. The van der Waals surface area contributed by atoms with Crippen LogP contribution in [-0.2, 0) is 17.1 Å². The summed E-state index contributed by atoms with van der Waals surface area (Å²) in [4.78, 5) is 12.3. The molecule has 0 saturated heterocycles. The molecule has 0 aliphatic rings. The van der Waals surface area contributed by atoms with E-state index in [2.05, 4.69) is 21.2 Å². The van der Waals surface area contributed by atoms with Gasteiger partial charge in [-0.05, 0) is 42.3 Å². The highest BCUT2D eigenvalue weighted by atomic mass is 79.9. The Morgan fingerprint density at radius 1 is 1.19 bits per heavy atom. The second-order valence-electron chi connectivity index (χ2n) is 5.60. The van der Waals surface area contributed by atoms with Crippen molar-refractivity contribution in [3.8, 4) is 11.5 Å². The molecule has 0 radical (unpaired) electrons. The number of carbonyl (C=O) groups is 1. The van der Waals surface area contributed by atoms with Gasteiger partial charge in [0, 0.05) is 16.8 Å². The van der Waals surface area contributed by atoms with Crippen molar-refractivity contribution < 1.29 is 18.7 Å². The molecule has 4 nitrogen and oxygen atoms in total. The van der Waals surface area contributed by atoms with Crippen LogP contribution in [0.25, 0.3) is 0 Å². The van der Waals surface area contributed by atoms with Gasteiger partial charge in [-0.15, -0.1) is 11.8 Å². The van der Waals surface area contributed by atoms with Gasteiger partial charge in [-0.25, -0.2) is 4.39 Å². The highest BCUT2D eigenvalue weighted by Crippen LogP contribution is 2.28. The molecule has 2 aromatic carbocycles. The van der Waals surface area contributed by atoms with Crippen LogP contribution in [-0.4, -0.2) is 25.4 Å². The zero-order valence-corrected chi connectivity index (χ0v) is 17.2. The lowest BCUT2D eigenvalue weighted by Gasteiger charge is -2.14. The van der Waals surface area contributed by atoms with E-state index < -0.39 is 0 Å². The van der Waals surface area contributed by atoms with E-state index in [9.17, 15) is 9.18 Å². The van der Waals surface area contributed by atoms with Gasteiger partial charge in [-0.3, -0.25) is 4.79 Å². The summed E-state index contributed by atoms with van der Waals surface area (Å²) in [5.41, 5.74) is 1.88. The molecular formula is C19H21BrFNO3S. The third-order valence-electron chi connectivity index (χ3n) is 3.79. The standard InChI is InChI=1S/C19H21BrFNO3S/c1-12(26-11-14-5-6-15(21)9-16(14)20)19(23)22-10-13-4-7-17(24-2)18(8-13)25-3/h4-9,12H,10-11H2,1-3H3,(H,22,23). The number of methoxy groups -OCH3 is 2. The summed E-state index contributed by atoms with van der Waals surface area (Å²) in [6, 6.07) is 10.1. The fourth-order valence-corrected chi connectivity index (χ4v) is 3.85. The van der Waals surface area contributed by atoms with Crippen LogP contribution in [0.2, 0.25) is 0 Å². The Labute approximate surface area is 165 Å². The molecule has 0 aliphatic carbocycles. The second kappa shape index (κ2) is 9.83. The van der Waals surface area contributed by atoms with Gasteiger partial charge in [0.2, 0.25) is 5.91 Å². The first kappa shape index (κ1) is 20.6. The van der Waals surface area contributed by atoms with E-state index in [1.165, 1.54) is 23.9 Å². The van der Waals surface area contributed by atoms with Crippen molar-refractivity contribution in [3.63, 3.8) is 0 Å². The fourth-order valence-electron chi connectivity index (χ4n) is 2.25. The molecule has 1 amide bonds. The van der Waals surface area contributed by atoms with Crippen LogP contribution >= 0.6 is 27.7 Å². The molecule has 0 heterocycles. The van der Waals surface area contributed by atoms with Crippen LogP contribution < -0.4 is 14.8 Å². The van der Waals surface area contributed by atoms with E-state index in [0.717, 1.165) is 11.1 Å². The summed E-state index contributed by atoms with van der Waals surface area (Å²) in [5, 5.41) is 2.69. The van der Waals surface area contributed by atoms with Crippen molar-refractivity contribution in [3.05, 3.63) is 57.8 Å². The molecule has 2 aromatic rings. The van der Waals surface area contributed by atoms with Crippen LogP contribution in [0.1, 0.15) is 18.1 Å². The summed E-state index contributed by atoms with van der Waals surface area (Å²) in [6.07, 6.45) is 0. The van der Waals surface area contributed by atoms with E-state index in [1.807, 2.05) is 25.1 Å². The maximum Gasteiger partial charge on any atom is 0.233 e. The monoisotopic (exact) mass is 441 g/mol. The lowest BCUT2D eigenvalue weighted by atomic mass is 10.2. The zero-order valence-electron chi connectivity index (χ0n) is 14.8. The molecular weight excluding hydrogens is 421 g/mol. The quantitative estimate of drug-likeness (QED) is 0.652. The van der Waals surface area contributed by atoms with Crippen LogP contribution in [0, 0.1) is 5.82 Å². The van der Waals surface area contributed by atoms with E-state index >= 15 is 0 Å². The highest BCUT2D eigenvalue weighted by molar-refractivity contribution is 9.10. The summed E-state index contributed by atoms with van der Waals surface area (Å²) in [5.74, 6) is 1.56. The number of ether oxygens (including phenoxy) is 2. The average Bonchev–Trinajstić information content (AvgIpc) is 2.64. The number of nitrogens with one attached hydrogen (secondary N) is 1. The van der Waals surface area contributed by atoms with E-state index in [4.69, 9.17) is 9.47 Å². The molecule has 0 saturated carbocycles. The van der Waals surface area contributed by atoms with Gasteiger partial charge < -0.3 is 14.8 Å². The normalized spacial score (nSPS) is 11.7. The molecule has 1 atom stereocenters. The van der Waals surface area contributed by atoms with Crippen molar-refractivity contribution in [2.75, 3.05) is 14.2 Å². The molecule has 0 fully saturated rings. The summed E-state index contributed by atoms with van der Waals surface area (Å²) >= 11 is 4.84. The minimum atomic E-state index is -0.286.